The molecule has 0 N–H and O–H groups in total. The van der Waals surface area contributed by atoms with Crippen molar-refractivity contribution >= 4 is 6.16 Å². The van der Waals surface area contributed by atoms with Crippen LogP contribution in [0.2, 0.25) is 0 Å². The molecule has 0 radical (unpaired) electrons. The molecule has 0 bridgehead atoms. The topological polar surface area (TPSA) is 44.8 Å². The van der Waals surface area contributed by atoms with Gasteiger partial charge in [0.1, 0.15) is 23.9 Å². The number of carbonyl (C=O) groups is 1. The van der Waals surface area contributed by atoms with Crippen molar-refractivity contribution in [1.29, 1.82) is 0 Å². The summed E-state index contributed by atoms with van der Waals surface area (Å²) in [7, 11) is 1.24. The Hall–Kier alpha value is -2.56. The van der Waals surface area contributed by atoms with E-state index in [4.69, 9.17) is 9.47 Å². The van der Waals surface area contributed by atoms with Crippen LogP contribution in [0.25, 0.3) is 0 Å². The second kappa shape index (κ2) is 7.13. The van der Waals surface area contributed by atoms with Gasteiger partial charge in [-0.25, -0.2) is 9.18 Å². The highest BCUT2D eigenvalue weighted by atomic mass is 19.1. The van der Waals surface area contributed by atoms with E-state index in [0.29, 0.717) is 22.6 Å². The van der Waals surface area contributed by atoms with Gasteiger partial charge in [-0.2, -0.15) is 0 Å². The molecule has 0 spiro atoms. The average Bonchev–Trinajstić information content (AvgIpc) is 2.51. The molecule has 5 heteroatoms. The molecule has 0 atom stereocenters. The van der Waals surface area contributed by atoms with Gasteiger partial charge >= 0.3 is 6.16 Å². The Morgan fingerprint density at radius 1 is 1.04 bits per heavy atom. The Bertz CT molecular complexity index is 725. The van der Waals surface area contributed by atoms with Crippen LogP contribution in [-0.2, 0) is 11.3 Å². The number of hydrogen-bond acceptors (Lipinski definition) is 4. The minimum absolute atomic E-state index is 0.155. The van der Waals surface area contributed by atoms with Gasteiger partial charge in [0.05, 0.1) is 7.11 Å². The molecule has 2 aromatic rings. The van der Waals surface area contributed by atoms with Crippen LogP contribution >= 0.6 is 0 Å². The number of aryl methyl sites for hydroxylation is 3. The first kappa shape index (κ1) is 16.8. The zero-order valence-corrected chi connectivity index (χ0v) is 13.6. The molecular formula is C18H19FO4. The minimum Gasteiger partial charge on any atom is -0.488 e. The van der Waals surface area contributed by atoms with Gasteiger partial charge in [-0.3, -0.25) is 0 Å². The zero-order valence-electron chi connectivity index (χ0n) is 13.6. The van der Waals surface area contributed by atoms with Gasteiger partial charge in [-0.05, 0) is 49.6 Å². The maximum Gasteiger partial charge on any atom is 0.513 e. The molecule has 0 aliphatic carbocycles. The van der Waals surface area contributed by atoms with Crippen LogP contribution in [0.3, 0.4) is 0 Å². The van der Waals surface area contributed by atoms with Gasteiger partial charge < -0.3 is 14.2 Å². The normalized spacial score (nSPS) is 10.3. The second-order valence-electron chi connectivity index (χ2n) is 5.26. The zero-order chi connectivity index (χ0) is 17.0. The molecule has 0 aliphatic rings. The van der Waals surface area contributed by atoms with Crippen LogP contribution in [0.15, 0.2) is 30.3 Å². The molecule has 23 heavy (non-hydrogen) atoms. The van der Waals surface area contributed by atoms with Crippen molar-refractivity contribution in [3.63, 3.8) is 0 Å². The van der Waals surface area contributed by atoms with Gasteiger partial charge in [0.2, 0.25) is 0 Å². The summed E-state index contributed by atoms with van der Waals surface area (Å²) in [4.78, 5) is 11.3. The number of carbonyl (C=O) groups excluding carboxylic acids is 1. The van der Waals surface area contributed by atoms with Gasteiger partial charge in [0, 0.05) is 11.6 Å². The lowest BCUT2D eigenvalue weighted by Gasteiger charge is -2.15. The van der Waals surface area contributed by atoms with E-state index in [0.717, 1.165) is 11.1 Å². The first-order valence-corrected chi connectivity index (χ1v) is 7.16. The Morgan fingerprint density at radius 2 is 1.78 bits per heavy atom. The summed E-state index contributed by atoms with van der Waals surface area (Å²) in [5, 5.41) is 0. The Labute approximate surface area is 134 Å². The summed E-state index contributed by atoms with van der Waals surface area (Å²) >= 11 is 0. The monoisotopic (exact) mass is 318 g/mol. The van der Waals surface area contributed by atoms with Gasteiger partial charge in [0.25, 0.3) is 0 Å². The number of ether oxygens (including phenoxy) is 3. The van der Waals surface area contributed by atoms with Gasteiger partial charge in [-0.1, -0.05) is 12.1 Å². The highest BCUT2D eigenvalue weighted by Gasteiger charge is 2.13. The lowest BCUT2D eigenvalue weighted by molar-refractivity contribution is 0.120. The summed E-state index contributed by atoms with van der Waals surface area (Å²) in [5.41, 5.74) is 3.02. The number of benzene rings is 2. The van der Waals surface area contributed by atoms with E-state index >= 15 is 0 Å². The predicted octanol–water partition coefficient (Wildman–Crippen LogP) is 4.48. The first-order valence-electron chi connectivity index (χ1n) is 7.16. The van der Waals surface area contributed by atoms with E-state index < -0.39 is 6.16 Å². The third-order valence-corrected chi connectivity index (χ3v) is 3.56. The van der Waals surface area contributed by atoms with Crippen molar-refractivity contribution in [1.82, 2.24) is 0 Å². The van der Waals surface area contributed by atoms with Crippen LogP contribution in [0.1, 0.15) is 22.3 Å². The lowest BCUT2D eigenvalue weighted by atomic mass is 10.1. The van der Waals surface area contributed by atoms with E-state index in [1.807, 2.05) is 19.9 Å². The molecule has 0 saturated heterocycles. The second-order valence-corrected chi connectivity index (χ2v) is 5.26. The third-order valence-electron chi connectivity index (χ3n) is 3.56. The molecule has 0 fully saturated rings. The summed E-state index contributed by atoms with van der Waals surface area (Å²) < 4.78 is 29.0. The molecule has 4 nitrogen and oxygen atoms in total. The molecule has 122 valence electrons. The minimum atomic E-state index is -0.797. The molecule has 2 rings (SSSR count). The maximum atomic E-state index is 13.7. The largest absolute Gasteiger partial charge is 0.513 e. The van der Waals surface area contributed by atoms with Crippen LogP contribution in [-0.4, -0.2) is 13.3 Å². The number of methoxy groups -OCH3 is 1. The number of hydrogen-bond donors (Lipinski definition) is 0. The molecule has 0 saturated carbocycles. The van der Waals surface area contributed by atoms with Crippen molar-refractivity contribution < 1.29 is 23.4 Å². The van der Waals surface area contributed by atoms with E-state index in [1.165, 1.54) is 13.2 Å². The molecule has 0 aromatic heterocycles. The molecular weight excluding hydrogens is 299 g/mol. The van der Waals surface area contributed by atoms with Gasteiger partial charge in [0.15, 0.2) is 0 Å². The smallest absolute Gasteiger partial charge is 0.488 e. The summed E-state index contributed by atoms with van der Waals surface area (Å²) in [6, 6.07) is 8.41. The van der Waals surface area contributed by atoms with Crippen molar-refractivity contribution in [2.24, 2.45) is 0 Å². The van der Waals surface area contributed by atoms with Crippen molar-refractivity contribution in [2.45, 2.75) is 27.4 Å². The average molecular weight is 318 g/mol. The quantitative estimate of drug-likeness (QED) is 0.616. The molecule has 0 amide bonds. The maximum absolute atomic E-state index is 13.7. The lowest BCUT2D eigenvalue weighted by Crippen LogP contribution is -2.10. The Morgan fingerprint density at radius 3 is 2.48 bits per heavy atom. The first-order chi connectivity index (χ1) is 10.9. The Kier molecular flexibility index (Phi) is 5.21. The molecule has 0 heterocycles. The van der Waals surface area contributed by atoms with Crippen LogP contribution in [0.4, 0.5) is 9.18 Å². The number of rotatable bonds is 4. The summed E-state index contributed by atoms with van der Waals surface area (Å²) in [6.07, 6.45) is -0.797. The molecule has 2 aromatic carbocycles. The van der Waals surface area contributed by atoms with Crippen molar-refractivity contribution in [2.75, 3.05) is 7.11 Å². The SMILES string of the molecule is COC(=O)Oc1cccc(C)c1COc1cc(F)c(C)cc1C. The van der Waals surface area contributed by atoms with E-state index in [2.05, 4.69) is 4.74 Å². The van der Waals surface area contributed by atoms with Crippen molar-refractivity contribution in [3.05, 3.63) is 58.4 Å². The molecule has 0 aliphatic heterocycles. The number of halogens is 1. The predicted molar refractivity (Wildman–Crippen MR) is 84.4 cm³/mol. The summed E-state index contributed by atoms with van der Waals surface area (Å²) in [5.74, 6) is 0.504. The van der Waals surface area contributed by atoms with E-state index in [-0.39, 0.29) is 12.4 Å². The fraction of sp³-hybridized carbons (Fsp3) is 0.278. The van der Waals surface area contributed by atoms with Gasteiger partial charge in [-0.15, -0.1) is 0 Å². The highest BCUT2D eigenvalue weighted by Crippen LogP contribution is 2.27. The van der Waals surface area contributed by atoms with E-state index in [1.54, 1.807) is 25.1 Å². The third kappa shape index (κ3) is 4.00. The Balaban J connectivity index is 2.23. The van der Waals surface area contributed by atoms with E-state index in [9.17, 15) is 9.18 Å². The van der Waals surface area contributed by atoms with Crippen LogP contribution in [0.5, 0.6) is 11.5 Å². The fourth-order valence-electron chi connectivity index (χ4n) is 2.20. The highest BCUT2D eigenvalue weighted by molar-refractivity contribution is 5.64. The standard InChI is InChI=1S/C18H19FO4/c1-11-6-5-7-16(23-18(20)21-4)14(11)10-22-17-9-15(19)12(2)8-13(17)3/h5-9H,10H2,1-4H3. The fourth-order valence-corrected chi connectivity index (χ4v) is 2.20. The van der Waals surface area contributed by atoms with Crippen LogP contribution in [0, 0.1) is 26.6 Å². The molecule has 0 unspecified atom stereocenters. The summed E-state index contributed by atoms with van der Waals surface area (Å²) in [6.45, 7) is 5.59. The van der Waals surface area contributed by atoms with Crippen molar-refractivity contribution in [3.8, 4) is 11.5 Å². The van der Waals surface area contributed by atoms with Crippen LogP contribution < -0.4 is 9.47 Å².